The fourth-order valence-corrected chi connectivity index (χ4v) is 2.84. The first-order valence-electron chi connectivity index (χ1n) is 7.81. The summed E-state index contributed by atoms with van der Waals surface area (Å²) in [5.41, 5.74) is -1.16. The van der Waals surface area contributed by atoms with Gasteiger partial charge in [-0.05, 0) is 51.3 Å². The van der Waals surface area contributed by atoms with Gasteiger partial charge in [0.05, 0.1) is 11.6 Å². The Bertz CT molecular complexity index is 649. The predicted octanol–water partition coefficient (Wildman–Crippen LogP) is 4.23. The Labute approximate surface area is 143 Å². The summed E-state index contributed by atoms with van der Waals surface area (Å²) in [6.45, 7) is 4.97. The molecule has 8 heteroatoms. The van der Waals surface area contributed by atoms with Gasteiger partial charge in [0.2, 0.25) is 0 Å². The molecule has 1 aliphatic heterocycles. The van der Waals surface area contributed by atoms with Crippen LogP contribution in [0.25, 0.3) is 0 Å². The molecule has 0 radical (unpaired) electrons. The molecule has 1 aliphatic rings. The quantitative estimate of drug-likeness (QED) is 0.858. The molecule has 1 aromatic carbocycles. The lowest BCUT2D eigenvalue weighted by atomic mass is 10.0. The number of carbonyl (C=O) groups excluding carboxylic acids is 1. The van der Waals surface area contributed by atoms with Crippen molar-refractivity contribution in [3.05, 3.63) is 35.4 Å². The van der Waals surface area contributed by atoms with Crippen molar-refractivity contribution >= 4 is 12.1 Å². The molecule has 0 spiro atoms. The van der Waals surface area contributed by atoms with E-state index in [1.165, 1.54) is 12.1 Å². The zero-order chi connectivity index (χ0) is 19.0. The van der Waals surface area contributed by atoms with Gasteiger partial charge in [-0.15, -0.1) is 0 Å². The van der Waals surface area contributed by atoms with Crippen LogP contribution in [-0.4, -0.2) is 33.7 Å². The lowest BCUT2D eigenvalue weighted by molar-refractivity contribution is -0.142. The molecule has 1 heterocycles. The molecule has 1 fully saturated rings. The van der Waals surface area contributed by atoms with Crippen LogP contribution in [0.2, 0.25) is 0 Å². The summed E-state index contributed by atoms with van der Waals surface area (Å²) in [7, 11) is 0. The number of alkyl halides is 3. The zero-order valence-electron chi connectivity index (χ0n) is 14.1. The molecular formula is C17H20F3NO4. The number of likely N-dealkylation sites (tertiary alicyclic amines) is 1. The van der Waals surface area contributed by atoms with Crippen molar-refractivity contribution in [1.29, 1.82) is 0 Å². The fraction of sp³-hybridized carbons (Fsp3) is 0.529. The SMILES string of the molecule is CC(C)(C)OC(=O)N1C(C(=O)O)CCC1c1ccc(C(F)(F)F)cc1. The molecule has 2 unspecified atom stereocenters. The van der Waals surface area contributed by atoms with Crippen molar-refractivity contribution in [2.24, 2.45) is 0 Å². The number of ether oxygens (including phenoxy) is 1. The minimum absolute atomic E-state index is 0.209. The molecule has 0 bridgehead atoms. The third-order valence-corrected chi connectivity index (χ3v) is 3.90. The average molecular weight is 359 g/mol. The number of benzene rings is 1. The first-order valence-corrected chi connectivity index (χ1v) is 7.81. The van der Waals surface area contributed by atoms with E-state index in [2.05, 4.69) is 0 Å². The highest BCUT2D eigenvalue weighted by Gasteiger charge is 2.43. The highest BCUT2D eigenvalue weighted by molar-refractivity contribution is 5.81. The summed E-state index contributed by atoms with van der Waals surface area (Å²) in [6.07, 6.45) is -4.70. The summed E-state index contributed by atoms with van der Waals surface area (Å²) in [5, 5.41) is 9.35. The average Bonchev–Trinajstić information content (AvgIpc) is 2.89. The van der Waals surface area contributed by atoms with E-state index < -0.39 is 41.5 Å². The molecular weight excluding hydrogens is 339 g/mol. The summed E-state index contributed by atoms with van der Waals surface area (Å²) >= 11 is 0. The maximum atomic E-state index is 12.7. The second-order valence-electron chi connectivity index (χ2n) is 6.95. The summed E-state index contributed by atoms with van der Waals surface area (Å²) in [4.78, 5) is 25.0. The lowest BCUT2D eigenvalue weighted by Crippen LogP contribution is -2.44. The predicted molar refractivity (Wildman–Crippen MR) is 82.9 cm³/mol. The molecule has 138 valence electrons. The van der Waals surface area contributed by atoms with Crippen LogP contribution in [0.3, 0.4) is 0 Å². The van der Waals surface area contributed by atoms with Crippen LogP contribution >= 0.6 is 0 Å². The molecule has 5 nitrogen and oxygen atoms in total. The number of carboxylic acids is 1. The number of aliphatic carboxylic acids is 1. The second kappa shape index (κ2) is 6.57. The molecule has 1 amide bonds. The highest BCUT2D eigenvalue weighted by atomic mass is 19.4. The van der Waals surface area contributed by atoms with Crippen LogP contribution in [0.15, 0.2) is 24.3 Å². The summed E-state index contributed by atoms with van der Waals surface area (Å²) in [5.74, 6) is -1.17. The van der Waals surface area contributed by atoms with Crippen molar-refractivity contribution in [3.8, 4) is 0 Å². The van der Waals surface area contributed by atoms with E-state index in [9.17, 15) is 27.9 Å². The second-order valence-corrected chi connectivity index (χ2v) is 6.95. The Morgan fingerprint density at radius 1 is 1.12 bits per heavy atom. The van der Waals surface area contributed by atoms with Gasteiger partial charge in [-0.2, -0.15) is 13.2 Å². The number of hydrogen-bond acceptors (Lipinski definition) is 3. The Kier molecular flexibility index (Phi) is 5.02. The summed E-state index contributed by atoms with van der Waals surface area (Å²) < 4.78 is 43.4. The van der Waals surface area contributed by atoms with Crippen molar-refractivity contribution < 1.29 is 32.6 Å². The van der Waals surface area contributed by atoms with Gasteiger partial charge in [0, 0.05) is 0 Å². The molecule has 1 saturated heterocycles. The third-order valence-electron chi connectivity index (χ3n) is 3.90. The van der Waals surface area contributed by atoms with Crippen LogP contribution in [0.4, 0.5) is 18.0 Å². The normalized spacial score (nSPS) is 21.3. The number of amides is 1. The minimum Gasteiger partial charge on any atom is -0.480 e. The Hall–Kier alpha value is -2.25. The van der Waals surface area contributed by atoms with E-state index in [0.717, 1.165) is 17.0 Å². The number of halogens is 3. The molecule has 0 saturated carbocycles. The largest absolute Gasteiger partial charge is 0.480 e. The molecule has 2 atom stereocenters. The van der Waals surface area contributed by atoms with Crippen molar-refractivity contribution in [2.45, 2.75) is 57.5 Å². The number of nitrogens with zero attached hydrogens (tertiary/aromatic N) is 1. The van der Waals surface area contributed by atoms with Gasteiger partial charge in [-0.25, -0.2) is 9.59 Å². The standard InChI is InChI=1S/C17H20F3NO4/c1-16(2,3)25-15(24)21-12(8-9-13(21)14(22)23)10-4-6-11(7-5-10)17(18,19)20/h4-7,12-13H,8-9H2,1-3H3,(H,22,23). The van der Waals surface area contributed by atoms with Gasteiger partial charge < -0.3 is 9.84 Å². The van der Waals surface area contributed by atoms with Crippen LogP contribution < -0.4 is 0 Å². The number of rotatable bonds is 2. The van der Waals surface area contributed by atoms with Gasteiger partial charge in [0.25, 0.3) is 0 Å². The van der Waals surface area contributed by atoms with E-state index in [1.807, 2.05) is 0 Å². The lowest BCUT2D eigenvalue weighted by Gasteiger charge is -2.31. The van der Waals surface area contributed by atoms with Gasteiger partial charge in [0.15, 0.2) is 0 Å². The van der Waals surface area contributed by atoms with Crippen LogP contribution in [-0.2, 0) is 15.7 Å². The summed E-state index contributed by atoms with van der Waals surface area (Å²) in [6, 6.07) is 2.69. The van der Waals surface area contributed by atoms with Crippen LogP contribution in [0, 0.1) is 0 Å². The van der Waals surface area contributed by atoms with Crippen molar-refractivity contribution in [1.82, 2.24) is 4.90 Å². The van der Waals surface area contributed by atoms with E-state index in [1.54, 1.807) is 20.8 Å². The Morgan fingerprint density at radius 3 is 2.12 bits per heavy atom. The fourth-order valence-electron chi connectivity index (χ4n) is 2.84. The molecule has 25 heavy (non-hydrogen) atoms. The van der Waals surface area contributed by atoms with E-state index in [4.69, 9.17) is 4.74 Å². The molecule has 1 N–H and O–H groups in total. The molecule has 1 aromatic rings. The van der Waals surface area contributed by atoms with Gasteiger partial charge in [-0.1, -0.05) is 12.1 Å². The van der Waals surface area contributed by atoms with E-state index >= 15 is 0 Å². The number of carbonyl (C=O) groups is 2. The van der Waals surface area contributed by atoms with Gasteiger partial charge >= 0.3 is 18.2 Å². The number of carboxylic acid groups (broad SMARTS) is 1. The molecule has 0 aliphatic carbocycles. The molecule has 0 aromatic heterocycles. The van der Waals surface area contributed by atoms with E-state index in [0.29, 0.717) is 12.0 Å². The number of hydrogen-bond donors (Lipinski definition) is 1. The maximum absolute atomic E-state index is 12.7. The Balaban J connectivity index is 2.31. The zero-order valence-corrected chi connectivity index (χ0v) is 14.1. The first kappa shape index (κ1) is 19.1. The Morgan fingerprint density at radius 2 is 1.68 bits per heavy atom. The minimum atomic E-state index is -4.46. The topological polar surface area (TPSA) is 66.8 Å². The smallest absolute Gasteiger partial charge is 0.416 e. The first-order chi connectivity index (χ1) is 11.4. The monoisotopic (exact) mass is 359 g/mol. The van der Waals surface area contributed by atoms with Gasteiger partial charge in [0.1, 0.15) is 11.6 Å². The molecule has 2 rings (SSSR count). The van der Waals surface area contributed by atoms with Crippen molar-refractivity contribution in [2.75, 3.05) is 0 Å². The highest BCUT2D eigenvalue weighted by Crippen LogP contribution is 2.38. The van der Waals surface area contributed by atoms with Crippen molar-refractivity contribution in [3.63, 3.8) is 0 Å². The van der Waals surface area contributed by atoms with Crippen LogP contribution in [0.5, 0.6) is 0 Å². The van der Waals surface area contributed by atoms with Gasteiger partial charge in [-0.3, -0.25) is 4.90 Å². The maximum Gasteiger partial charge on any atom is 0.416 e. The van der Waals surface area contributed by atoms with E-state index in [-0.39, 0.29) is 6.42 Å². The van der Waals surface area contributed by atoms with Crippen LogP contribution in [0.1, 0.15) is 50.8 Å². The third kappa shape index (κ3) is 4.43.